The lowest BCUT2D eigenvalue weighted by molar-refractivity contribution is 0.100. The summed E-state index contributed by atoms with van der Waals surface area (Å²) in [6, 6.07) is 31.5. The predicted molar refractivity (Wildman–Crippen MR) is 160 cm³/mol. The van der Waals surface area contributed by atoms with E-state index in [1.807, 2.05) is 36.5 Å². The highest BCUT2D eigenvalue weighted by molar-refractivity contribution is 6.16. The maximum absolute atomic E-state index is 12.3. The first kappa shape index (κ1) is 23.4. The van der Waals surface area contributed by atoms with Crippen molar-refractivity contribution < 1.29 is 4.79 Å². The van der Waals surface area contributed by atoms with Gasteiger partial charge in [0.05, 0.1) is 22.1 Å². The zero-order valence-corrected chi connectivity index (χ0v) is 21.5. The third kappa shape index (κ3) is 4.10. The Bertz CT molecular complexity index is 1870. The number of amides is 1. The Morgan fingerprint density at radius 3 is 2.56 bits per heavy atom. The molecule has 6 nitrogen and oxygen atoms in total. The van der Waals surface area contributed by atoms with Crippen LogP contribution in [0.3, 0.4) is 0 Å². The Hall–Kier alpha value is -4.68. The number of rotatable bonds is 5. The number of nitrogens with two attached hydrogens (primary N) is 1. The van der Waals surface area contributed by atoms with E-state index in [4.69, 9.17) is 10.7 Å². The molecule has 0 bridgehead atoms. The van der Waals surface area contributed by atoms with Gasteiger partial charge in [0, 0.05) is 45.3 Å². The first-order chi connectivity index (χ1) is 19.2. The lowest BCUT2D eigenvalue weighted by atomic mass is 9.99. The maximum Gasteiger partial charge on any atom is 0.250 e. The van der Waals surface area contributed by atoms with Crippen molar-refractivity contribution in [3.63, 3.8) is 0 Å². The van der Waals surface area contributed by atoms with Crippen LogP contribution in [0.1, 0.15) is 23.2 Å². The Balaban J connectivity index is 1.44. The van der Waals surface area contributed by atoms with Gasteiger partial charge >= 0.3 is 0 Å². The average Bonchev–Trinajstić information content (AvgIpc) is 3.32. The second kappa shape index (κ2) is 9.57. The number of pyridine rings is 1. The summed E-state index contributed by atoms with van der Waals surface area (Å²) in [6.07, 6.45) is 3.97. The number of hydrogen-bond donors (Lipinski definition) is 3. The van der Waals surface area contributed by atoms with Crippen molar-refractivity contribution in [3.05, 3.63) is 103 Å². The summed E-state index contributed by atoms with van der Waals surface area (Å²) in [7, 11) is 0. The number of piperidine rings is 1. The summed E-state index contributed by atoms with van der Waals surface area (Å²) in [6.45, 7) is 1.92. The minimum atomic E-state index is -0.425. The molecule has 1 saturated heterocycles. The zero-order valence-electron chi connectivity index (χ0n) is 21.5. The van der Waals surface area contributed by atoms with E-state index in [1.54, 1.807) is 0 Å². The molecule has 0 radical (unpaired) electrons. The van der Waals surface area contributed by atoms with E-state index in [0.717, 1.165) is 70.4 Å². The Kier molecular flexibility index (Phi) is 5.75. The molecule has 192 valence electrons. The topological polar surface area (TPSA) is 85.0 Å². The van der Waals surface area contributed by atoms with Crippen LogP contribution in [-0.4, -0.2) is 34.6 Å². The van der Waals surface area contributed by atoms with Crippen LogP contribution in [0.5, 0.6) is 0 Å². The van der Waals surface area contributed by atoms with E-state index in [-0.39, 0.29) is 0 Å². The number of fused-ring (bicyclic) bond motifs is 4. The van der Waals surface area contributed by atoms with Gasteiger partial charge in [0.1, 0.15) is 0 Å². The average molecular weight is 512 g/mol. The number of carbonyl (C=O) groups excluding carboxylic acids is 1. The van der Waals surface area contributed by atoms with Crippen LogP contribution in [0.15, 0.2) is 97.2 Å². The predicted octanol–water partition coefficient (Wildman–Crippen LogP) is 6.26. The van der Waals surface area contributed by atoms with Crippen molar-refractivity contribution in [2.75, 3.05) is 18.4 Å². The first-order valence-electron chi connectivity index (χ1n) is 13.5. The zero-order chi connectivity index (χ0) is 26.3. The standard InChI is InChI=1S/C33H29N5O/c34-33(39)26-13-12-24(19-29(26)37-23-14-16-35-17-15-23)38-30-10-4-2-7-27(30)32-25(8-5-11-31(32)38)22-18-21-6-1-3-9-28(21)36-20-22/h1-13,18-20,23,35,37H,14-17H2,(H2,34,39). The molecule has 0 saturated carbocycles. The van der Waals surface area contributed by atoms with Gasteiger partial charge in [0.25, 0.3) is 5.91 Å². The smallest absolute Gasteiger partial charge is 0.250 e. The van der Waals surface area contributed by atoms with Crippen molar-refractivity contribution in [1.29, 1.82) is 0 Å². The lowest BCUT2D eigenvalue weighted by Crippen LogP contribution is -2.35. The summed E-state index contributed by atoms with van der Waals surface area (Å²) in [4.78, 5) is 17.1. The molecule has 39 heavy (non-hydrogen) atoms. The Labute approximate surface area is 226 Å². The van der Waals surface area contributed by atoms with Crippen molar-refractivity contribution in [3.8, 4) is 16.8 Å². The summed E-state index contributed by atoms with van der Waals surface area (Å²) in [5, 5.41) is 10.5. The number of primary amides is 1. The first-order valence-corrected chi connectivity index (χ1v) is 13.5. The van der Waals surface area contributed by atoms with Gasteiger partial charge in [-0.2, -0.15) is 0 Å². The van der Waals surface area contributed by atoms with Crippen LogP contribution in [0.2, 0.25) is 0 Å². The normalized spacial score (nSPS) is 14.3. The summed E-state index contributed by atoms with van der Waals surface area (Å²) in [5.74, 6) is -0.425. The summed E-state index contributed by atoms with van der Waals surface area (Å²) >= 11 is 0. The molecule has 6 aromatic rings. The fourth-order valence-corrected chi connectivity index (χ4v) is 5.95. The number of aromatic nitrogens is 2. The van der Waals surface area contributed by atoms with E-state index >= 15 is 0 Å². The second-order valence-corrected chi connectivity index (χ2v) is 10.2. The van der Waals surface area contributed by atoms with E-state index in [0.29, 0.717) is 11.6 Å². The van der Waals surface area contributed by atoms with Crippen LogP contribution in [0.25, 0.3) is 49.5 Å². The largest absolute Gasteiger partial charge is 0.382 e. The molecule has 4 N–H and O–H groups in total. The van der Waals surface area contributed by atoms with Crippen LogP contribution in [0.4, 0.5) is 5.69 Å². The SMILES string of the molecule is NC(=O)c1ccc(-n2c3ccccc3c3c(-c4cnc5ccccc5c4)cccc32)cc1NC1CCNCC1. The molecular formula is C33H29N5O. The van der Waals surface area contributed by atoms with Crippen molar-refractivity contribution in [2.45, 2.75) is 18.9 Å². The third-order valence-corrected chi connectivity index (χ3v) is 7.82. The highest BCUT2D eigenvalue weighted by atomic mass is 16.1. The second-order valence-electron chi connectivity index (χ2n) is 10.2. The molecular weight excluding hydrogens is 482 g/mol. The van der Waals surface area contributed by atoms with E-state index in [2.05, 4.69) is 75.9 Å². The van der Waals surface area contributed by atoms with Gasteiger partial charge in [-0.1, -0.05) is 48.5 Å². The molecule has 1 amide bonds. The number of carbonyl (C=O) groups is 1. The molecule has 6 heteroatoms. The van der Waals surface area contributed by atoms with Crippen LogP contribution in [0, 0.1) is 0 Å². The molecule has 0 aliphatic carbocycles. The summed E-state index contributed by atoms with van der Waals surface area (Å²) in [5.41, 5.74) is 13.5. The fourth-order valence-electron chi connectivity index (χ4n) is 5.95. The molecule has 7 rings (SSSR count). The van der Waals surface area contributed by atoms with Gasteiger partial charge < -0.3 is 20.9 Å². The molecule has 2 aromatic heterocycles. The van der Waals surface area contributed by atoms with Crippen molar-refractivity contribution >= 4 is 44.3 Å². The lowest BCUT2D eigenvalue weighted by Gasteiger charge is -2.26. The number of benzene rings is 4. The van der Waals surface area contributed by atoms with Crippen molar-refractivity contribution in [2.24, 2.45) is 5.73 Å². The monoisotopic (exact) mass is 511 g/mol. The van der Waals surface area contributed by atoms with Crippen molar-refractivity contribution in [1.82, 2.24) is 14.9 Å². The van der Waals surface area contributed by atoms with E-state index in [1.165, 1.54) is 10.8 Å². The Morgan fingerprint density at radius 2 is 1.69 bits per heavy atom. The molecule has 1 aliphatic heterocycles. The third-order valence-electron chi connectivity index (χ3n) is 7.82. The number of hydrogen-bond acceptors (Lipinski definition) is 4. The minimum absolute atomic E-state index is 0.296. The fraction of sp³-hybridized carbons (Fsp3) is 0.152. The van der Waals surface area contributed by atoms with Gasteiger partial charge in [-0.15, -0.1) is 0 Å². The molecule has 1 fully saturated rings. The van der Waals surface area contributed by atoms with Gasteiger partial charge in [0.2, 0.25) is 0 Å². The van der Waals surface area contributed by atoms with Gasteiger partial charge in [0.15, 0.2) is 0 Å². The number of nitrogens with one attached hydrogen (secondary N) is 2. The van der Waals surface area contributed by atoms with Crippen LogP contribution >= 0.6 is 0 Å². The molecule has 0 spiro atoms. The number of anilines is 1. The number of nitrogens with zero attached hydrogens (tertiary/aromatic N) is 2. The van der Waals surface area contributed by atoms with E-state index < -0.39 is 5.91 Å². The summed E-state index contributed by atoms with van der Waals surface area (Å²) < 4.78 is 2.28. The van der Waals surface area contributed by atoms with Gasteiger partial charge in [-0.05, 0) is 74.0 Å². The number of para-hydroxylation sites is 2. The molecule has 0 unspecified atom stereocenters. The quantitative estimate of drug-likeness (QED) is 0.255. The molecule has 1 aliphatic rings. The molecule has 3 heterocycles. The van der Waals surface area contributed by atoms with Gasteiger partial charge in [-0.25, -0.2) is 0 Å². The highest BCUT2D eigenvalue weighted by Crippen LogP contribution is 2.39. The highest BCUT2D eigenvalue weighted by Gasteiger charge is 2.20. The maximum atomic E-state index is 12.3. The van der Waals surface area contributed by atoms with Crippen LogP contribution < -0.4 is 16.4 Å². The minimum Gasteiger partial charge on any atom is -0.382 e. The molecule has 4 aromatic carbocycles. The van der Waals surface area contributed by atoms with Gasteiger partial charge in [-0.3, -0.25) is 9.78 Å². The molecule has 0 atom stereocenters. The van der Waals surface area contributed by atoms with Crippen LogP contribution in [-0.2, 0) is 0 Å². The Morgan fingerprint density at radius 1 is 0.897 bits per heavy atom. The van der Waals surface area contributed by atoms with E-state index in [9.17, 15) is 4.79 Å².